The summed E-state index contributed by atoms with van der Waals surface area (Å²) < 4.78 is 5.71. The predicted octanol–water partition coefficient (Wildman–Crippen LogP) is 1.58. The van der Waals surface area contributed by atoms with Crippen LogP contribution in [0.4, 0.5) is 5.69 Å². The van der Waals surface area contributed by atoms with Gasteiger partial charge in [-0.2, -0.15) is 0 Å². The normalized spacial score (nSPS) is 16.9. The first-order valence-corrected chi connectivity index (χ1v) is 7.74. The molecule has 1 fully saturated rings. The second-order valence-electron chi connectivity index (χ2n) is 5.26. The topological polar surface area (TPSA) is 65.0 Å². The fourth-order valence-electron chi connectivity index (χ4n) is 2.32. The zero-order chi connectivity index (χ0) is 15.1. The van der Waals surface area contributed by atoms with E-state index in [1.807, 2.05) is 12.1 Å². The molecule has 0 amide bonds. The van der Waals surface area contributed by atoms with E-state index >= 15 is 0 Å². The van der Waals surface area contributed by atoms with E-state index in [9.17, 15) is 5.11 Å². The first-order valence-electron chi connectivity index (χ1n) is 7.36. The van der Waals surface area contributed by atoms with Crippen LogP contribution in [0.5, 0.6) is 5.75 Å². The number of halogens is 1. The van der Waals surface area contributed by atoms with Crippen LogP contribution in [0.3, 0.4) is 0 Å². The number of anilines is 1. The maximum absolute atomic E-state index is 9.29. The van der Waals surface area contributed by atoms with E-state index in [0.717, 1.165) is 25.3 Å². The maximum Gasteiger partial charge on any atom is 0.138 e. The first kappa shape index (κ1) is 16.4. The van der Waals surface area contributed by atoms with Gasteiger partial charge < -0.3 is 20.3 Å². The third-order valence-electron chi connectivity index (χ3n) is 3.55. The number of aliphatic hydroxyl groups is 2. The van der Waals surface area contributed by atoms with Gasteiger partial charge in [-0.25, -0.2) is 0 Å². The van der Waals surface area contributed by atoms with Gasteiger partial charge in [-0.15, -0.1) is 0 Å². The number of hydrogen-bond donors (Lipinski definition) is 3. The van der Waals surface area contributed by atoms with E-state index in [0.29, 0.717) is 17.4 Å². The minimum atomic E-state index is -0.778. The molecule has 1 unspecified atom stereocenters. The standard InChI is InChI=1S/C15H23ClN2O3/c16-14-9-12(17-10-13(20)11-19)3-4-15(14)21-8-7-18-5-1-2-6-18/h3-4,9,13,17,19-20H,1-2,5-8,10-11H2. The second-order valence-corrected chi connectivity index (χ2v) is 5.67. The van der Waals surface area contributed by atoms with Crippen LogP contribution in [0.25, 0.3) is 0 Å². The molecule has 1 aliphatic heterocycles. The van der Waals surface area contributed by atoms with Crippen LogP contribution in [0.1, 0.15) is 12.8 Å². The molecule has 1 aromatic rings. The largest absolute Gasteiger partial charge is 0.491 e. The number of benzene rings is 1. The van der Waals surface area contributed by atoms with Crippen molar-refractivity contribution in [3.63, 3.8) is 0 Å². The highest BCUT2D eigenvalue weighted by Crippen LogP contribution is 2.27. The summed E-state index contributed by atoms with van der Waals surface area (Å²) in [6.45, 7) is 3.90. The smallest absolute Gasteiger partial charge is 0.138 e. The quantitative estimate of drug-likeness (QED) is 0.680. The van der Waals surface area contributed by atoms with Crippen molar-refractivity contribution < 1.29 is 14.9 Å². The lowest BCUT2D eigenvalue weighted by Crippen LogP contribution is -2.25. The predicted molar refractivity (Wildman–Crippen MR) is 84.2 cm³/mol. The molecular weight excluding hydrogens is 292 g/mol. The number of aliphatic hydroxyl groups excluding tert-OH is 2. The van der Waals surface area contributed by atoms with Crippen LogP contribution >= 0.6 is 11.6 Å². The highest BCUT2D eigenvalue weighted by atomic mass is 35.5. The molecule has 1 atom stereocenters. The third-order valence-corrected chi connectivity index (χ3v) is 3.84. The summed E-state index contributed by atoms with van der Waals surface area (Å²) >= 11 is 6.18. The molecule has 21 heavy (non-hydrogen) atoms. The molecule has 0 saturated carbocycles. The maximum atomic E-state index is 9.29. The van der Waals surface area contributed by atoms with Gasteiger partial charge in [0.05, 0.1) is 17.7 Å². The van der Waals surface area contributed by atoms with E-state index in [-0.39, 0.29) is 13.2 Å². The Hall–Kier alpha value is -1.01. The third kappa shape index (κ3) is 5.36. The number of nitrogens with zero attached hydrogens (tertiary/aromatic N) is 1. The molecule has 1 saturated heterocycles. The monoisotopic (exact) mass is 314 g/mol. The molecule has 0 radical (unpaired) electrons. The van der Waals surface area contributed by atoms with Crippen molar-refractivity contribution in [1.29, 1.82) is 0 Å². The molecular formula is C15H23ClN2O3. The zero-order valence-electron chi connectivity index (χ0n) is 12.1. The Kier molecular flexibility index (Phi) is 6.57. The summed E-state index contributed by atoms with van der Waals surface area (Å²) in [7, 11) is 0. The van der Waals surface area contributed by atoms with E-state index in [1.165, 1.54) is 12.8 Å². The average molecular weight is 315 g/mol. The molecule has 1 aliphatic rings. The van der Waals surface area contributed by atoms with Gasteiger partial charge in [-0.05, 0) is 44.1 Å². The molecule has 1 aromatic carbocycles. The van der Waals surface area contributed by atoms with Crippen LogP contribution in [-0.4, -0.2) is 60.6 Å². The Morgan fingerprint density at radius 1 is 1.33 bits per heavy atom. The Labute approximate surface area is 130 Å². The van der Waals surface area contributed by atoms with Crippen LogP contribution in [0, 0.1) is 0 Å². The molecule has 0 spiro atoms. The van der Waals surface area contributed by atoms with Crippen molar-refractivity contribution in [2.75, 3.05) is 44.7 Å². The van der Waals surface area contributed by atoms with Gasteiger partial charge in [0.15, 0.2) is 0 Å². The van der Waals surface area contributed by atoms with Gasteiger partial charge >= 0.3 is 0 Å². The van der Waals surface area contributed by atoms with Gasteiger partial charge in [0.2, 0.25) is 0 Å². The van der Waals surface area contributed by atoms with Gasteiger partial charge in [0.1, 0.15) is 12.4 Å². The molecule has 0 bridgehead atoms. The van der Waals surface area contributed by atoms with Gasteiger partial charge in [0.25, 0.3) is 0 Å². The van der Waals surface area contributed by atoms with Gasteiger partial charge in [-0.3, -0.25) is 4.90 Å². The SMILES string of the molecule is OCC(O)CNc1ccc(OCCN2CCCC2)c(Cl)c1. The van der Waals surface area contributed by atoms with E-state index in [2.05, 4.69) is 10.2 Å². The molecule has 0 aromatic heterocycles. The number of rotatable bonds is 8. The van der Waals surface area contributed by atoms with Crippen molar-refractivity contribution in [1.82, 2.24) is 4.90 Å². The van der Waals surface area contributed by atoms with Gasteiger partial charge in [-0.1, -0.05) is 11.6 Å². The van der Waals surface area contributed by atoms with Crippen molar-refractivity contribution in [2.24, 2.45) is 0 Å². The summed E-state index contributed by atoms with van der Waals surface area (Å²) in [5, 5.41) is 21.6. The molecule has 3 N–H and O–H groups in total. The molecule has 2 rings (SSSR count). The van der Waals surface area contributed by atoms with E-state index in [1.54, 1.807) is 6.07 Å². The molecule has 5 nitrogen and oxygen atoms in total. The Bertz CT molecular complexity index is 439. The summed E-state index contributed by atoms with van der Waals surface area (Å²) in [6, 6.07) is 5.43. The van der Waals surface area contributed by atoms with Crippen molar-refractivity contribution >= 4 is 17.3 Å². The summed E-state index contributed by atoms with van der Waals surface area (Å²) in [6.07, 6.45) is 1.78. The highest BCUT2D eigenvalue weighted by molar-refractivity contribution is 6.32. The lowest BCUT2D eigenvalue weighted by molar-refractivity contribution is 0.105. The summed E-state index contributed by atoms with van der Waals surface area (Å²) in [5.74, 6) is 0.670. The molecule has 1 heterocycles. The van der Waals surface area contributed by atoms with Crippen LogP contribution < -0.4 is 10.1 Å². The summed E-state index contributed by atoms with van der Waals surface area (Å²) in [4.78, 5) is 2.39. The molecule has 0 aliphatic carbocycles. The van der Waals surface area contributed by atoms with Crippen molar-refractivity contribution in [3.8, 4) is 5.75 Å². The Balaban J connectivity index is 1.78. The van der Waals surface area contributed by atoms with Crippen molar-refractivity contribution in [3.05, 3.63) is 23.2 Å². The van der Waals surface area contributed by atoms with Crippen LogP contribution in [0.15, 0.2) is 18.2 Å². The lowest BCUT2D eigenvalue weighted by atomic mass is 10.3. The number of likely N-dealkylation sites (tertiary alicyclic amines) is 1. The van der Waals surface area contributed by atoms with E-state index in [4.69, 9.17) is 21.4 Å². The number of ether oxygens (including phenoxy) is 1. The minimum absolute atomic E-state index is 0.265. The highest BCUT2D eigenvalue weighted by Gasteiger charge is 2.11. The van der Waals surface area contributed by atoms with Crippen LogP contribution in [0.2, 0.25) is 5.02 Å². The fraction of sp³-hybridized carbons (Fsp3) is 0.600. The van der Waals surface area contributed by atoms with Crippen molar-refractivity contribution in [2.45, 2.75) is 18.9 Å². The Morgan fingerprint density at radius 2 is 2.10 bits per heavy atom. The number of hydrogen-bond acceptors (Lipinski definition) is 5. The number of nitrogens with one attached hydrogen (secondary N) is 1. The van der Waals surface area contributed by atoms with E-state index < -0.39 is 6.10 Å². The first-order chi connectivity index (χ1) is 10.2. The average Bonchev–Trinajstić information content (AvgIpc) is 3.00. The molecule has 118 valence electrons. The Morgan fingerprint density at radius 3 is 2.76 bits per heavy atom. The van der Waals surface area contributed by atoms with Crippen LogP contribution in [-0.2, 0) is 0 Å². The lowest BCUT2D eigenvalue weighted by Gasteiger charge is -2.16. The zero-order valence-corrected chi connectivity index (χ0v) is 12.9. The second kappa shape index (κ2) is 8.44. The van der Waals surface area contributed by atoms with Gasteiger partial charge in [0, 0.05) is 18.8 Å². The summed E-state index contributed by atoms with van der Waals surface area (Å²) in [5.41, 5.74) is 0.791. The minimum Gasteiger partial charge on any atom is -0.491 e. The fourth-order valence-corrected chi connectivity index (χ4v) is 2.55. The molecule has 6 heteroatoms.